The number of nitriles is 1. The summed E-state index contributed by atoms with van der Waals surface area (Å²) in [6, 6.07) is 9.99. The van der Waals surface area contributed by atoms with Gasteiger partial charge >= 0.3 is 6.18 Å². The van der Waals surface area contributed by atoms with Crippen LogP contribution < -0.4 is 5.73 Å². The Balaban J connectivity index is 1.68. The first-order valence-electron chi connectivity index (χ1n) is 10.4. The molecule has 0 unspecified atom stereocenters. The van der Waals surface area contributed by atoms with Crippen LogP contribution in [0.25, 0.3) is 39.0 Å². The lowest BCUT2D eigenvalue weighted by Gasteiger charge is -2.15. The van der Waals surface area contributed by atoms with Crippen molar-refractivity contribution in [3.05, 3.63) is 66.5 Å². The van der Waals surface area contributed by atoms with Crippen LogP contribution in [0.4, 0.5) is 19.0 Å². The molecule has 5 rings (SSSR count). The quantitative estimate of drug-likeness (QED) is 0.398. The van der Waals surface area contributed by atoms with Gasteiger partial charge in [0.25, 0.3) is 0 Å². The van der Waals surface area contributed by atoms with Crippen molar-refractivity contribution in [2.45, 2.75) is 25.4 Å². The summed E-state index contributed by atoms with van der Waals surface area (Å²) in [6.45, 7) is 3.56. The van der Waals surface area contributed by atoms with Gasteiger partial charge in [0.05, 0.1) is 52.0 Å². The summed E-state index contributed by atoms with van der Waals surface area (Å²) in [4.78, 5) is 21.5. The number of nitrogens with two attached hydrogens (primary N) is 1. The van der Waals surface area contributed by atoms with Crippen molar-refractivity contribution in [3.63, 3.8) is 0 Å². The van der Waals surface area contributed by atoms with E-state index in [1.807, 2.05) is 6.07 Å². The third-order valence-electron chi connectivity index (χ3n) is 5.69. The Morgan fingerprint density at radius 2 is 1.74 bits per heavy atom. The van der Waals surface area contributed by atoms with Gasteiger partial charge < -0.3 is 5.73 Å². The van der Waals surface area contributed by atoms with Crippen LogP contribution >= 0.6 is 0 Å². The third-order valence-corrected chi connectivity index (χ3v) is 5.69. The Morgan fingerprint density at radius 1 is 0.943 bits per heavy atom. The number of nitrogen functional groups attached to an aromatic ring is 1. The SMILES string of the molecule is CC(C)(C#N)c1ccc(-n2cnc3cnc4ccc(-c5cnc(N)c(C(F)(F)F)c5)nc4c32)cn1. The highest BCUT2D eigenvalue weighted by Gasteiger charge is 2.34. The van der Waals surface area contributed by atoms with Gasteiger partial charge in [-0.15, -0.1) is 0 Å². The summed E-state index contributed by atoms with van der Waals surface area (Å²) in [5.41, 5.74) is 7.57. The molecule has 0 spiro atoms. The zero-order chi connectivity index (χ0) is 25.0. The van der Waals surface area contributed by atoms with Gasteiger partial charge in [-0.3, -0.25) is 14.5 Å². The predicted octanol–water partition coefficient (Wildman–Crippen LogP) is 4.83. The van der Waals surface area contributed by atoms with Crippen LogP contribution in [-0.4, -0.2) is 29.5 Å². The van der Waals surface area contributed by atoms with E-state index in [2.05, 4.69) is 31.0 Å². The van der Waals surface area contributed by atoms with Crippen LogP contribution in [0.2, 0.25) is 0 Å². The summed E-state index contributed by atoms with van der Waals surface area (Å²) in [6.07, 6.45) is 1.44. The molecular weight excluding hydrogens is 457 g/mol. The van der Waals surface area contributed by atoms with Gasteiger partial charge in [-0.05, 0) is 44.2 Å². The molecule has 0 amide bonds. The second-order valence-corrected chi connectivity index (χ2v) is 8.46. The average Bonchev–Trinajstić information content (AvgIpc) is 3.28. The van der Waals surface area contributed by atoms with Gasteiger partial charge in [0.15, 0.2) is 0 Å². The Labute approximate surface area is 196 Å². The molecule has 0 radical (unpaired) electrons. The molecule has 174 valence electrons. The van der Waals surface area contributed by atoms with Crippen LogP contribution in [0, 0.1) is 11.3 Å². The van der Waals surface area contributed by atoms with E-state index in [1.165, 1.54) is 6.20 Å². The predicted molar refractivity (Wildman–Crippen MR) is 123 cm³/mol. The van der Waals surface area contributed by atoms with E-state index in [0.717, 1.165) is 6.07 Å². The third kappa shape index (κ3) is 3.78. The topological polar surface area (TPSA) is 119 Å². The monoisotopic (exact) mass is 474 g/mol. The van der Waals surface area contributed by atoms with Crippen LogP contribution in [0.1, 0.15) is 25.1 Å². The number of hydrogen-bond acceptors (Lipinski definition) is 7. The number of pyridine rings is 4. The second-order valence-electron chi connectivity index (χ2n) is 8.46. The van der Waals surface area contributed by atoms with E-state index in [-0.39, 0.29) is 11.3 Å². The maximum Gasteiger partial charge on any atom is 0.419 e. The van der Waals surface area contributed by atoms with E-state index >= 15 is 0 Å². The highest BCUT2D eigenvalue weighted by atomic mass is 19.4. The van der Waals surface area contributed by atoms with Crippen molar-refractivity contribution in [1.82, 2.24) is 29.5 Å². The molecule has 0 saturated carbocycles. The zero-order valence-electron chi connectivity index (χ0n) is 18.5. The molecule has 35 heavy (non-hydrogen) atoms. The molecule has 0 aliphatic heterocycles. The van der Waals surface area contributed by atoms with Crippen molar-refractivity contribution in [2.24, 2.45) is 0 Å². The van der Waals surface area contributed by atoms with E-state index in [1.54, 1.807) is 55.3 Å². The Hall–Kier alpha value is -4.59. The molecule has 0 fully saturated rings. The van der Waals surface area contributed by atoms with Crippen molar-refractivity contribution in [3.8, 4) is 23.0 Å². The van der Waals surface area contributed by atoms with Crippen LogP contribution in [0.5, 0.6) is 0 Å². The van der Waals surface area contributed by atoms with Crippen molar-refractivity contribution in [2.75, 3.05) is 5.73 Å². The fraction of sp³-hybridized carbons (Fsp3) is 0.167. The van der Waals surface area contributed by atoms with Crippen molar-refractivity contribution < 1.29 is 13.2 Å². The van der Waals surface area contributed by atoms with Crippen molar-refractivity contribution >= 4 is 27.9 Å². The lowest BCUT2D eigenvalue weighted by Crippen LogP contribution is -2.15. The number of aromatic nitrogens is 6. The molecule has 11 heteroatoms. The number of nitrogens with zero attached hydrogens (tertiary/aromatic N) is 7. The molecule has 2 N–H and O–H groups in total. The van der Waals surface area contributed by atoms with E-state index in [0.29, 0.717) is 33.4 Å². The fourth-order valence-corrected chi connectivity index (χ4v) is 3.71. The highest BCUT2D eigenvalue weighted by molar-refractivity contribution is 6.01. The van der Waals surface area contributed by atoms with Gasteiger partial charge in [0, 0.05) is 11.8 Å². The van der Waals surface area contributed by atoms with Gasteiger partial charge in [-0.2, -0.15) is 18.4 Å². The van der Waals surface area contributed by atoms with Crippen LogP contribution in [-0.2, 0) is 11.6 Å². The molecular formula is C24H17F3N8. The number of anilines is 1. The largest absolute Gasteiger partial charge is 0.419 e. The van der Waals surface area contributed by atoms with E-state index < -0.39 is 23.0 Å². The molecule has 5 heterocycles. The molecule has 0 bridgehead atoms. The second kappa shape index (κ2) is 7.73. The van der Waals surface area contributed by atoms with Gasteiger partial charge in [0.1, 0.15) is 28.7 Å². The van der Waals surface area contributed by atoms with Gasteiger partial charge in [-0.25, -0.2) is 15.0 Å². The molecule has 0 aliphatic rings. The van der Waals surface area contributed by atoms with Gasteiger partial charge in [0.2, 0.25) is 0 Å². The van der Waals surface area contributed by atoms with Crippen molar-refractivity contribution in [1.29, 1.82) is 5.26 Å². The first-order valence-corrected chi connectivity index (χ1v) is 10.4. The summed E-state index contributed by atoms with van der Waals surface area (Å²) in [7, 11) is 0. The fourth-order valence-electron chi connectivity index (χ4n) is 3.71. The summed E-state index contributed by atoms with van der Waals surface area (Å²) in [5, 5.41) is 9.36. The molecule has 0 atom stereocenters. The minimum atomic E-state index is -4.64. The molecule has 5 aromatic heterocycles. The standard InChI is InChI=1S/C24H17F3N8/c1-23(2,11-28)19-6-3-14(9-31-19)35-12-33-18-10-30-17-5-4-16(34-20(17)21(18)35)13-7-15(24(25,26)27)22(29)32-8-13/h3-10,12H,1-2H3,(H2,29,32). The average molecular weight is 474 g/mol. The molecule has 5 aromatic rings. The van der Waals surface area contributed by atoms with E-state index in [9.17, 15) is 18.4 Å². The first kappa shape index (κ1) is 22.2. The zero-order valence-corrected chi connectivity index (χ0v) is 18.5. The van der Waals surface area contributed by atoms with Gasteiger partial charge in [-0.1, -0.05) is 0 Å². The van der Waals surface area contributed by atoms with Crippen LogP contribution in [0.15, 0.2) is 55.2 Å². The Morgan fingerprint density at radius 3 is 2.43 bits per heavy atom. The van der Waals surface area contributed by atoms with E-state index in [4.69, 9.17) is 5.73 Å². The number of hydrogen-bond donors (Lipinski definition) is 1. The van der Waals surface area contributed by atoms with Crippen LogP contribution in [0.3, 0.4) is 0 Å². The Kier molecular flexibility index (Phi) is 4.91. The molecule has 0 saturated heterocycles. The molecule has 8 nitrogen and oxygen atoms in total. The summed E-state index contributed by atoms with van der Waals surface area (Å²) in [5.74, 6) is -0.598. The highest BCUT2D eigenvalue weighted by Crippen LogP contribution is 2.35. The smallest absolute Gasteiger partial charge is 0.383 e. The number of halogens is 3. The lowest BCUT2D eigenvalue weighted by atomic mass is 9.91. The first-order chi connectivity index (χ1) is 16.6. The lowest BCUT2D eigenvalue weighted by molar-refractivity contribution is -0.137. The number of rotatable bonds is 3. The number of alkyl halides is 3. The molecule has 0 aliphatic carbocycles. The number of fused-ring (bicyclic) bond motifs is 3. The summed E-state index contributed by atoms with van der Waals surface area (Å²) >= 11 is 0. The normalized spacial score (nSPS) is 12.2. The minimum Gasteiger partial charge on any atom is -0.383 e. The number of imidazole rings is 1. The minimum absolute atomic E-state index is 0.168. The maximum absolute atomic E-state index is 13.3. The Bertz CT molecular complexity index is 1630. The molecule has 0 aromatic carbocycles. The summed E-state index contributed by atoms with van der Waals surface area (Å²) < 4.78 is 41.8. The maximum atomic E-state index is 13.3.